The number of ether oxygens (including phenoxy) is 1. The monoisotopic (exact) mass is 502 g/mol. The summed E-state index contributed by atoms with van der Waals surface area (Å²) in [4.78, 5) is 15.2. The van der Waals surface area contributed by atoms with E-state index in [0.717, 1.165) is 11.8 Å². The number of hydrogen-bond acceptors (Lipinski definition) is 4. The van der Waals surface area contributed by atoms with Crippen LogP contribution in [0.25, 0.3) is 5.69 Å². The van der Waals surface area contributed by atoms with E-state index in [2.05, 4.69) is 27.6 Å². The van der Waals surface area contributed by atoms with Crippen molar-refractivity contribution in [1.82, 2.24) is 20.0 Å². The highest BCUT2D eigenvalue weighted by Gasteiger charge is 2.35. The molecule has 0 spiro atoms. The highest BCUT2D eigenvalue weighted by molar-refractivity contribution is 6.34. The van der Waals surface area contributed by atoms with E-state index in [1.807, 2.05) is 30.3 Å². The molecule has 1 aliphatic heterocycles. The summed E-state index contributed by atoms with van der Waals surface area (Å²) in [6, 6.07) is 12.3. The summed E-state index contributed by atoms with van der Waals surface area (Å²) in [5, 5.41) is 10.6. The van der Waals surface area contributed by atoms with E-state index in [9.17, 15) is 13.6 Å². The number of nitrogens with zero attached hydrogens (tertiary/aromatic N) is 3. The first-order chi connectivity index (χ1) is 16.9. The van der Waals surface area contributed by atoms with Gasteiger partial charge >= 0.3 is 6.03 Å². The summed E-state index contributed by atoms with van der Waals surface area (Å²) in [5.74, 6) is -1.74. The van der Waals surface area contributed by atoms with Gasteiger partial charge in [0.2, 0.25) is 0 Å². The number of hydrogen-bond donors (Lipinski definition) is 2. The molecule has 2 heterocycles. The molecule has 10 heteroatoms. The van der Waals surface area contributed by atoms with Crippen molar-refractivity contribution in [3.05, 3.63) is 83.4 Å². The Hall–Kier alpha value is -3.01. The van der Waals surface area contributed by atoms with E-state index < -0.39 is 17.7 Å². The standard InChI is InChI=1S/C25H27ClF2N5O2/c1-3-21-23(26)24(33(31-21)17-7-5-4-6-8-17)30-25(34)29-22-15-32(11-12-35-2)14-18(22)16-9-10-19(27)20(28)13-16/h4-10,13,18,22H,1,3,11-12,14-15H2,2H3,(H2,29,30,34)/t18-,22+/m0/s1. The van der Waals surface area contributed by atoms with Gasteiger partial charge < -0.3 is 10.1 Å². The summed E-state index contributed by atoms with van der Waals surface area (Å²) < 4.78 is 34.2. The van der Waals surface area contributed by atoms with Crippen molar-refractivity contribution in [1.29, 1.82) is 0 Å². The van der Waals surface area contributed by atoms with Crippen LogP contribution in [0.1, 0.15) is 17.2 Å². The minimum Gasteiger partial charge on any atom is -0.383 e. The Kier molecular flexibility index (Phi) is 8.00. The zero-order valence-electron chi connectivity index (χ0n) is 19.3. The second kappa shape index (κ2) is 11.2. The number of carbonyl (C=O) groups is 1. The van der Waals surface area contributed by atoms with E-state index in [-0.39, 0.29) is 12.0 Å². The predicted octanol–water partition coefficient (Wildman–Crippen LogP) is 4.42. The van der Waals surface area contributed by atoms with Gasteiger partial charge in [0.25, 0.3) is 0 Å². The van der Waals surface area contributed by atoms with Crippen molar-refractivity contribution in [2.45, 2.75) is 18.4 Å². The number of carbonyl (C=O) groups excluding carboxylic acids is 1. The lowest BCUT2D eigenvalue weighted by Gasteiger charge is -2.21. The fraction of sp³-hybridized carbons (Fsp3) is 0.320. The number of amides is 2. The van der Waals surface area contributed by atoms with Crippen LogP contribution >= 0.6 is 11.6 Å². The summed E-state index contributed by atoms with van der Waals surface area (Å²) in [5.41, 5.74) is 1.90. The van der Waals surface area contributed by atoms with Gasteiger partial charge in [-0.15, -0.1) is 0 Å². The minimum absolute atomic E-state index is 0.238. The van der Waals surface area contributed by atoms with Crippen LogP contribution in [-0.4, -0.2) is 60.1 Å². The van der Waals surface area contributed by atoms with Gasteiger partial charge in [0.15, 0.2) is 17.5 Å². The van der Waals surface area contributed by atoms with Crippen molar-refractivity contribution in [2.75, 3.05) is 38.7 Å². The van der Waals surface area contributed by atoms with Crippen LogP contribution in [-0.2, 0) is 11.2 Å². The number of aromatic nitrogens is 2. The summed E-state index contributed by atoms with van der Waals surface area (Å²) in [6.07, 6.45) is 0.351. The molecule has 2 atom stereocenters. The largest absolute Gasteiger partial charge is 0.383 e. The number of urea groups is 1. The normalized spacial score (nSPS) is 18.1. The molecule has 0 bridgehead atoms. The molecule has 1 aromatic heterocycles. The quantitative estimate of drug-likeness (QED) is 0.478. The number of para-hydroxylation sites is 1. The minimum atomic E-state index is -0.916. The highest BCUT2D eigenvalue weighted by Crippen LogP contribution is 2.31. The van der Waals surface area contributed by atoms with Gasteiger partial charge in [-0.05, 0) is 43.2 Å². The zero-order chi connectivity index (χ0) is 24.9. The first kappa shape index (κ1) is 25.1. The molecular weight excluding hydrogens is 476 g/mol. The summed E-state index contributed by atoms with van der Waals surface area (Å²) in [7, 11) is 1.62. The van der Waals surface area contributed by atoms with Gasteiger partial charge in [-0.3, -0.25) is 10.2 Å². The Bertz CT molecular complexity index is 1170. The molecular formula is C25H27ClF2N5O2. The van der Waals surface area contributed by atoms with Crippen molar-refractivity contribution in [3.63, 3.8) is 0 Å². The molecule has 3 aromatic rings. The Morgan fingerprint density at radius 2 is 1.97 bits per heavy atom. The molecule has 7 nitrogen and oxygen atoms in total. The van der Waals surface area contributed by atoms with Crippen LogP contribution in [0, 0.1) is 18.6 Å². The van der Waals surface area contributed by atoms with Gasteiger partial charge in [0.05, 0.1) is 24.0 Å². The number of likely N-dealkylation sites (tertiary alicyclic amines) is 1. The molecule has 2 N–H and O–H groups in total. The summed E-state index contributed by atoms with van der Waals surface area (Å²) in [6.45, 7) is 6.11. The van der Waals surface area contributed by atoms with E-state index in [0.29, 0.717) is 54.8 Å². The van der Waals surface area contributed by atoms with Crippen molar-refractivity contribution in [2.24, 2.45) is 0 Å². The predicted molar refractivity (Wildman–Crippen MR) is 131 cm³/mol. The number of nitrogens with one attached hydrogen (secondary N) is 2. The third kappa shape index (κ3) is 5.63. The molecule has 1 saturated heterocycles. The molecule has 2 aromatic carbocycles. The SMILES string of the molecule is [CH2]Cc1nn(-c2ccccc2)c(NC(=O)N[C@@H]2CN(CCOC)C[C@H]2c2ccc(F)c(F)c2)c1Cl. The average Bonchev–Trinajstić information content (AvgIpc) is 3.40. The van der Waals surface area contributed by atoms with Gasteiger partial charge in [0.1, 0.15) is 5.02 Å². The van der Waals surface area contributed by atoms with Gasteiger partial charge in [-0.1, -0.05) is 35.9 Å². The second-order valence-corrected chi connectivity index (χ2v) is 8.72. The Morgan fingerprint density at radius 1 is 1.20 bits per heavy atom. The Labute approximate surface area is 208 Å². The maximum atomic E-state index is 14.0. The van der Waals surface area contributed by atoms with Crippen LogP contribution in [0.15, 0.2) is 48.5 Å². The molecule has 2 amide bonds. The number of methoxy groups -OCH3 is 1. The molecule has 4 rings (SSSR count). The third-order valence-electron chi connectivity index (χ3n) is 6.06. The average molecular weight is 503 g/mol. The Morgan fingerprint density at radius 3 is 2.66 bits per heavy atom. The van der Waals surface area contributed by atoms with Crippen LogP contribution in [0.4, 0.5) is 19.4 Å². The maximum Gasteiger partial charge on any atom is 0.320 e. The molecule has 35 heavy (non-hydrogen) atoms. The van der Waals surface area contributed by atoms with E-state index in [1.165, 1.54) is 6.07 Å². The molecule has 185 valence electrons. The fourth-order valence-electron chi connectivity index (χ4n) is 4.30. The Balaban J connectivity index is 1.56. The molecule has 1 aliphatic rings. The smallest absolute Gasteiger partial charge is 0.320 e. The van der Waals surface area contributed by atoms with Gasteiger partial charge in [-0.2, -0.15) is 5.10 Å². The van der Waals surface area contributed by atoms with Crippen LogP contribution < -0.4 is 10.6 Å². The first-order valence-electron chi connectivity index (χ1n) is 11.3. The maximum absolute atomic E-state index is 14.0. The topological polar surface area (TPSA) is 71.4 Å². The van der Waals surface area contributed by atoms with Crippen LogP contribution in [0.3, 0.4) is 0 Å². The van der Waals surface area contributed by atoms with Crippen LogP contribution in [0.2, 0.25) is 5.02 Å². The molecule has 0 unspecified atom stereocenters. The number of rotatable bonds is 8. The lowest BCUT2D eigenvalue weighted by atomic mass is 9.94. The lowest BCUT2D eigenvalue weighted by molar-refractivity contribution is 0.159. The van der Waals surface area contributed by atoms with E-state index in [4.69, 9.17) is 16.3 Å². The summed E-state index contributed by atoms with van der Waals surface area (Å²) >= 11 is 6.51. The highest BCUT2D eigenvalue weighted by atomic mass is 35.5. The number of benzene rings is 2. The second-order valence-electron chi connectivity index (χ2n) is 8.34. The number of halogens is 3. The lowest BCUT2D eigenvalue weighted by Crippen LogP contribution is -2.42. The molecule has 0 saturated carbocycles. The third-order valence-corrected chi connectivity index (χ3v) is 6.46. The van der Waals surface area contributed by atoms with Crippen molar-refractivity contribution in [3.8, 4) is 5.69 Å². The fourth-order valence-corrected chi connectivity index (χ4v) is 4.55. The number of anilines is 1. The van der Waals surface area contributed by atoms with E-state index >= 15 is 0 Å². The van der Waals surface area contributed by atoms with Crippen molar-refractivity contribution < 1.29 is 18.3 Å². The molecule has 1 fully saturated rings. The molecule has 0 aliphatic carbocycles. The zero-order valence-corrected chi connectivity index (χ0v) is 20.1. The molecule has 1 radical (unpaired) electrons. The first-order valence-corrected chi connectivity index (χ1v) is 11.6. The van der Waals surface area contributed by atoms with E-state index in [1.54, 1.807) is 17.9 Å². The van der Waals surface area contributed by atoms with Gasteiger partial charge in [0, 0.05) is 32.7 Å². The van der Waals surface area contributed by atoms with Crippen molar-refractivity contribution >= 4 is 23.4 Å². The van der Waals surface area contributed by atoms with Gasteiger partial charge in [-0.25, -0.2) is 18.3 Å². The van der Waals surface area contributed by atoms with Crippen LogP contribution in [0.5, 0.6) is 0 Å².